The molecule has 0 spiro atoms. The lowest BCUT2D eigenvalue weighted by Crippen LogP contribution is -2.09. The van der Waals surface area contributed by atoms with Crippen molar-refractivity contribution in [2.45, 2.75) is 19.6 Å². The van der Waals surface area contributed by atoms with E-state index in [9.17, 15) is 13.2 Å². The summed E-state index contributed by atoms with van der Waals surface area (Å²) in [5, 5.41) is 2.99. The number of alkyl halides is 3. The van der Waals surface area contributed by atoms with Crippen LogP contribution in [0.5, 0.6) is 0 Å². The fourth-order valence-corrected chi connectivity index (χ4v) is 1.78. The van der Waals surface area contributed by atoms with Gasteiger partial charge < -0.3 is 11.1 Å². The molecule has 1 heterocycles. The summed E-state index contributed by atoms with van der Waals surface area (Å²) in [6.45, 7) is 2.32. The zero-order chi connectivity index (χ0) is 14.8. The fraction of sp³-hybridized carbons (Fsp3) is 0.214. The molecule has 3 N–H and O–H groups in total. The van der Waals surface area contributed by atoms with Crippen LogP contribution in [-0.4, -0.2) is 4.98 Å². The van der Waals surface area contributed by atoms with Crippen LogP contribution in [0.25, 0.3) is 0 Å². The third-order valence-electron chi connectivity index (χ3n) is 2.94. The van der Waals surface area contributed by atoms with Gasteiger partial charge in [0.25, 0.3) is 0 Å². The van der Waals surface area contributed by atoms with Crippen LogP contribution in [0.2, 0.25) is 0 Å². The van der Waals surface area contributed by atoms with E-state index in [1.54, 1.807) is 6.20 Å². The van der Waals surface area contributed by atoms with Crippen LogP contribution < -0.4 is 11.1 Å². The summed E-state index contributed by atoms with van der Waals surface area (Å²) in [6.07, 6.45) is -2.72. The highest BCUT2D eigenvalue weighted by atomic mass is 19.4. The van der Waals surface area contributed by atoms with Crippen molar-refractivity contribution < 1.29 is 13.2 Å². The Morgan fingerprint density at radius 1 is 1.25 bits per heavy atom. The van der Waals surface area contributed by atoms with Crippen LogP contribution in [0, 0.1) is 6.92 Å². The number of nitrogens with one attached hydrogen (secondary N) is 1. The van der Waals surface area contributed by atoms with Gasteiger partial charge in [0.2, 0.25) is 0 Å². The van der Waals surface area contributed by atoms with Crippen molar-refractivity contribution in [1.82, 2.24) is 4.98 Å². The van der Waals surface area contributed by atoms with E-state index in [2.05, 4.69) is 10.3 Å². The molecule has 0 unspecified atom stereocenters. The molecule has 3 nitrogen and oxygen atoms in total. The first kappa shape index (κ1) is 14.2. The summed E-state index contributed by atoms with van der Waals surface area (Å²) in [6, 6.07) is 7.00. The SMILES string of the molecule is Cc1cccnc1CNc1ccc(C(F)(F)F)cc1N. The second-order valence-electron chi connectivity index (χ2n) is 4.42. The van der Waals surface area contributed by atoms with Gasteiger partial charge in [0.1, 0.15) is 0 Å². The molecular weight excluding hydrogens is 267 g/mol. The Balaban J connectivity index is 2.13. The van der Waals surface area contributed by atoms with E-state index in [0.717, 1.165) is 23.4 Å². The van der Waals surface area contributed by atoms with Crippen molar-refractivity contribution in [2.24, 2.45) is 0 Å². The molecule has 2 rings (SSSR count). The quantitative estimate of drug-likeness (QED) is 0.845. The van der Waals surface area contributed by atoms with Gasteiger partial charge in [0.15, 0.2) is 0 Å². The molecule has 0 saturated carbocycles. The molecule has 0 saturated heterocycles. The maximum absolute atomic E-state index is 12.5. The molecule has 0 aliphatic heterocycles. The van der Waals surface area contributed by atoms with E-state index in [-0.39, 0.29) is 5.69 Å². The number of pyridine rings is 1. The second kappa shape index (κ2) is 5.40. The lowest BCUT2D eigenvalue weighted by molar-refractivity contribution is -0.137. The van der Waals surface area contributed by atoms with E-state index in [1.165, 1.54) is 6.07 Å². The molecule has 0 aliphatic carbocycles. The van der Waals surface area contributed by atoms with Crippen molar-refractivity contribution in [3.63, 3.8) is 0 Å². The zero-order valence-corrected chi connectivity index (χ0v) is 10.8. The summed E-state index contributed by atoms with van der Waals surface area (Å²) in [5.41, 5.74) is 7.24. The Hall–Kier alpha value is -2.24. The van der Waals surface area contributed by atoms with E-state index in [4.69, 9.17) is 5.73 Å². The van der Waals surface area contributed by atoms with Gasteiger partial charge in [-0.2, -0.15) is 13.2 Å². The summed E-state index contributed by atoms with van der Waals surface area (Å²) in [4.78, 5) is 4.20. The van der Waals surface area contributed by atoms with Gasteiger partial charge in [-0.25, -0.2) is 0 Å². The Morgan fingerprint density at radius 2 is 2.00 bits per heavy atom. The van der Waals surface area contributed by atoms with Crippen molar-refractivity contribution in [3.05, 3.63) is 53.3 Å². The number of rotatable bonds is 3. The number of hydrogen-bond donors (Lipinski definition) is 2. The Bertz CT molecular complexity index is 609. The van der Waals surface area contributed by atoms with E-state index >= 15 is 0 Å². The predicted octanol–water partition coefficient (Wildman–Crippen LogP) is 3.60. The molecule has 20 heavy (non-hydrogen) atoms. The fourth-order valence-electron chi connectivity index (χ4n) is 1.78. The molecule has 6 heteroatoms. The van der Waals surface area contributed by atoms with Gasteiger partial charge in [0, 0.05) is 6.20 Å². The number of nitrogen functional groups attached to an aromatic ring is 1. The lowest BCUT2D eigenvalue weighted by atomic mass is 10.1. The first-order valence-corrected chi connectivity index (χ1v) is 5.99. The molecule has 1 aromatic carbocycles. The largest absolute Gasteiger partial charge is 0.416 e. The van der Waals surface area contributed by atoms with E-state index < -0.39 is 11.7 Å². The molecule has 0 amide bonds. The first-order valence-electron chi connectivity index (χ1n) is 5.99. The number of hydrogen-bond acceptors (Lipinski definition) is 3. The number of aryl methyl sites for hydroxylation is 1. The normalized spacial score (nSPS) is 11.4. The Morgan fingerprint density at radius 3 is 2.60 bits per heavy atom. The number of anilines is 2. The molecule has 106 valence electrons. The third-order valence-corrected chi connectivity index (χ3v) is 2.94. The predicted molar refractivity (Wildman–Crippen MR) is 72.2 cm³/mol. The van der Waals surface area contributed by atoms with Crippen molar-refractivity contribution in [1.29, 1.82) is 0 Å². The summed E-state index contributed by atoms with van der Waals surface area (Å²) in [7, 11) is 0. The number of halogens is 3. The highest BCUT2D eigenvalue weighted by Gasteiger charge is 2.30. The molecule has 2 aromatic rings. The standard InChI is InChI=1S/C14H14F3N3/c1-9-3-2-6-19-13(9)8-20-12-5-4-10(7-11(12)18)14(15,16)17/h2-7,20H,8,18H2,1H3. The monoisotopic (exact) mass is 281 g/mol. The molecule has 0 radical (unpaired) electrons. The van der Waals surface area contributed by atoms with Crippen molar-refractivity contribution in [3.8, 4) is 0 Å². The van der Waals surface area contributed by atoms with E-state index in [1.807, 2.05) is 19.1 Å². The topological polar surface area (TPSA) is 50.9 Å². The minimum absolute atomic E-state index is 0.0633. The molecule has 0 aliphatic rings. The number of benzene rings is 1. The van der Waals surface area contributed by atoms with Crippen LogP contribution >= 0.6 is 0 Å². The molecule has 0 fully saturated rings. The van der Waals surface area contributed by atoms with Crippen molar-refractivity contribution in [2.75, 3.05) is 11.1 Å². The lowest BCUT2D eigenvalue weighted by Gasteiger charge is -2.13. The second-order valence-corrected chi connectivity index (χ2v) is 4.42. The maximum Gasteiger partial charge on any atom is 0.416 e. The molecule has 1 aromatic heterocycles. The van der Waals surface area contributed by atoms with Gasteiger partial charge in [-0.1, -0.05) is 6.07 Å². The highest BCUT2D eigenvalue weighted by Crippen LogP contribution is 2.32. The van der Waals surface area contributed by atoms with Gasteiger partial charge in [0.05, 0.1) is 29.2 Å². The zero-order valence-electron chi connectivity index (χ0n) is 10.8. The van der Waals surface area contributed by atoms with Gasteiger partial charge in [-0.15, -0.1) is 0 Å². The van der Waals surface area contributed by atoms with E-state index in [0.29, 0.717) is 12.2 Å². The highest BCUT2D eigenvalue weighted by molar-refractivity contribution is 5.67. The average Bonchev–Trinajstić information content (AvgIpc) is 2.38. The van der Waals surface area contributed by atoms with Crippen LogP contribution in [0.1, 0.15) is 16.8 Å². The third kappa shape index (κ3) is 3.20. The minimum Gasteiger partial charge on any atom is -0.397 e. The summed E-state index contributed by atoms with van der Waals surface area (Å²) < 4.78 is 37.6. The summed E-state index contributed by atoms with van der Waals surface area (Å²) >= 11 is 0. The van der Waals surface area contributed by atoms with Crippen LogP contribution in [-0.2, 0) is 12.7 Å². The van der Waals surface area contributed by atoms with Crippen LogP contribution in [0.3, 0.4) is 0 Å². The molecular formula is C14H14F3N3. The minimum atomic E-state index is -4.38. The Kier molecular flexibility index (Phi) is 3.83. The van der Waals surface area contributed by atoms with Gasteiger partial charge in [-0.05, 0) is 36.8 Å². The Labute approximate surface area is 114 Å². The number of nitrogens with zero attached hydrogens (tertiary/aromatic N) is 1. The summed E-state index contributed by atoms with van der Waals surface area (Å²) in [5.74, 6) is 0. The van der Waals surface area contributed by atoms with Crippen LogP contribution in [0.4, 0.5) is 24.5 Å². The van der Waals surface area contributed by atoms with Gasteiger partial charge in [-0.3, -0.25) is 4.98 Å². The number of nitrogens with two attached hydrogens (primary N) is 1. The smallest absolute Gasteiger partial charge is 0.397 e. The molecule has 0 atom stereocenters. The number of aromatic nitrogens is 1. The average molecular weight is 281 g/mol. The van der Waals surface area contributed by atoms with Crippen molar-refractivity contribution >= 4 is 11.4 Å². The first-order chi connectivity index (χ1) is 9.38. The maximum atomic E-state index is 12.5. The van der Waals surface area contributed by atoms with Gasteiger partial charge >= 0.3 is 6.18 Å². The van der Waals surface area contributed by atoms with Crippen LogP contribution in [0.15, 0.2) is 36.5 Å². The molecule has 0 bridgehead atoms.